The normalized spacial score (nSPS) is 16.0. The van der Waals surface area contributed by atoms with Gasteiger partial charge in [-0.2, -0.15) is 0 Å². The fourth-order valence-corrected chi connectivity index (χ4v) is 4.67. The average molecular weight is 490 g/mol. The quantitative estimate of drug-likeness (QED) is 0.350. The number of H-pyrrole nitrogens is 1. The van der Waals surface area contributed by atoms with Gasteiger partial charge in [0.25, 0.3) is 0 Å². The van der Waals surface area contributed by atoms with Crippen LogP contribution in [0.3, 0.4) is 0 Å². The second kappa shape index (κ2) is 11.9. The van der Waals surface area contributed by atoms with Crippen molar-refractivity contribution in [3.63, 3.8) is 0 Å². The lowest BCUT2D eigenvalue weighted by Crippen LogP contribution is -2.58. The highest BCUT2D eigenvalue weighted by atomic mass is 16.3. The second-order valence-electron chi connectivity index (χ2n) is 9.66. The van der Waals surface area contributed by atoms with E-state index in [1.165, 1.54) is 0 Å². The van der Waals surface area contributed by atoms with Gasteiger partial charge in [-0.3, -0.25) is 9.59 Å². The predicted molar refractivity (Wildman–Crippen MR) is 138 cm³/mol. The molecule has 2 heterocycles. The van der Waals surface area contributed by atoms with Gasteiger partial charge >= 0.3 is 0 Å². The van der Waals surface area contributed by atoms with Crippen LogP contribution in [-0.4, -0.2) is 57.0 Å². The Morgan fingerprint density at radius 3 is 2.53 bits per heavy atom. The Kier molecular flexibility index (Phi) is 8.38. The van der Waals surface area contributed by atoms with Crippen LogP contribution in [0.15, 0.2) is 61.1 Å². The van der Waals surface area contributed by atoms with Gasteiger partial charge in [0.1, 0.15) is 11.8 Å². The number of hydrogen-bond donors (Lipinski definition) is 4. The summed E-state index contributed by atoms with van der Waals surface area (Å²) < 4.78 is 0. The zero-order valence-corrected chi connectivity index (χ0v) is 20.9. The summed E-state index contributed by atoms with van der Waals surface area (Å²) in [4.78, 5) is 36.1. The fourth-order valence-electron chi connectivity index (χ4n) is 4.67. The summed E-state index contributed by atoms with van der Waals surface area (Å²) in [6.45, 7) is 5.55. The minimum absolute atomic E-state index is 0.0530. The molecular weight excluding hydrogens is 454 g/mol. The summed E-state index contributed by atoms with van der Waals surface area (Å²) in [6.07, 6.45) is 5.31. The third kappa shape index (κ3) is 6.31. The van der Waals surface area contributed by atoms with Crippen LogP contribution < -0.4 is 10.6 Å². The number of phenolic OH excluding ortho intramolecular Hbond substituents is 1. The van der Waals surface area contributed by atoms with Crippen molar-refractivity contribution >= 4 is 11.8 Å². The topological polar surface area (TPSA) is 110 Å². The van der Waals surface area contributed by atoms with Gasteiger partial charge in [-0.25, -0.2) is 4.98 Å². The second-order valence-corrected chi connectivity index (χ2v) is 9.66. The highest BCUT2D eigenvalue weighted by Crippen LogP contribution is 2.25. The van der Waals surface area contributed by atoms with Crippen LogP contribution >= 0.6 is 0 Å². The number of rotatable bonds is 10. The first-order valence-corrected chi connectivity index (χ1v) is 12.6. The lowest BCUT2D eigenvalue weighted by atomic mass is 9.91. The standard InChI is InChI=1S/C28H35N5O3/c1-19(2)26(30-14-12-23-16-29-18-32-23)28(36)33-17-22-6-4-3-5-21(22)15-25(33)27(35)31-13-11-20-7-9-24(34)10-8-20/h3-10,16,18-19,25-26,30,34H,11-15,17H2,1-2H3,(H,29,32)(H,31,35)/t25-,26?/m0/s1. The molecule has 0 radical (unpaired) electrons. The molecule has 36 heavy (non-hydrogen) atoms. The SMILES string of the molecule is CC(C)C(NCCc1cnc[nH]1)C(=O)N1Cc2ccccc2C[C@H]1C(=O)NCCc1ccc(O)cc1. The minimum atomic E-state index is -0.567. The summed E-state index contributed by atoms with van der Waals surface area (Å²) in [5.74, 6) is 0.0877. The maximum absolute atomic E-state index is 13.8. The maximum atomic E-state index is 13.8. The molecule has 1 aromatic heterocycles. The molecular formula is C28H35N5O3. The molecule has 0 spiro atoms. The summed E-state index contributed by atoms with van der Waals surface area (Å²) in [7, 11) is 0. The molecule has 2 aromatic carbocycles. The average Bonchev–Trinajstić information content (AvgIpc) is 3.40. The van der Waals surface area contributed by atoms with E-state index in [2.05, 4.69) is 20.6 Å². The third-order valence-corrected chi connectivity index (χ3v) is 6.73. The van der Waals surface area contributed by atoms with Crippen LogP contribution in [0.1, 0.15) is 36.2 Å². The zero-order chi connectivity index (χ0) is 25.5. The van der Waals surface area contributed by atoms with Crippen molar-refractivity contribution in [1.82, 2.24) is 25.5 Å². The lowest BCUT2D eigenvalue weighted by molar-refractivity contribution is -0.144. The van der Waals surface area contributed by atoms with Crippen molar-refractivity contribution in [3.8, 4) is 5.75 Å². The Balaban J connectivity index is 1.45. The fraction of sp³-hybridized carbons (Fsp3) is 0.393. The number of phenols is 1. The van der Waals surface area contributed by atoms with Gasteiger partial charge < -0.3 is 25.6 Å². The molecule has 3 aromatic rings. The van der Waals surface area contributed by atoms with E-state index in [-0.39, 0.29) is 23.5 Å². The number of aromatic nitrogens is 2. The predicted octanol–water partition coefficient (Wildman–Crippen LogP) is 2.58. The van der Waals surface area contributed by atoms with Crippen molar-refractivity contribution in [2.24, 2.45) is 5.92 Å². The molecule has 2 amide bonds. The first-order chi connectivity index (χ1) is 17.4. The number of benzene rings is 2. The molecule has 8 nitrogen and oxygen atoms in total. The van der Waals surface area contributed by atoms with E-state index in [0.717, 1.165) is 28.8 Å². The van der Waals surface area contributed by atoms with Crippen LogP contribution in [0, 0.1) is 5.92 Å². The van der Waals surface area contributed by atoms with Gasteiger partial charge in [-0.1, -0.05) is 50.2 Å². The molecule has 0 saturated heterocycles. The van der Waals surface area contributed by atoms with Crippen LogP contribution in [0.5, 0.6) is 5.75 Å². The van der Waals surface area contributed by atoms with Crippen molar-refractivity contribution in [3.05, 3.63) is 83.4 Å². The van der Waals surface area contributed by atoms with Crippen LogP contribution in [0.2, 0.25) is 0 Å². The first kappa shape index (κ1) is 25.4. The Morgan fingerprint density at radius 2 is 1.83 bits per heavy atom. The van der Waals surface area contributed by atoms with E-state index in [1.807, 2.05) is 50.2 Å². The Bertz CT molecular complexity index is 1140. The van der Waals surface area contributed by atoms with Gasteiger partial charge in [0.05, 0.1) is 12.4 Å². The number of nitrogens with zero attached hydrogens (tertiary/aromatic N) is 2. The molecule has 0 bridgehead atoms. The van der Waals surface area contributed by atoms with Gasteiger partial charge in [-0.15, -0.1) is 0 Å². The smallest absolute Gasteiger partial charge is 0.243 e. The van der Waals surface area contributed by atoms with Crippen LogP contribution in [0.4, 0.5) is 0 Å². The zero-order valence-electron chi connectivity index (χ0n) is 20.9. The highest BCUT2D eigenvalue weighted by molar-refractivity contribution is 5.90. The van der Waals surface area contributed by atoms with Gasteiger partial charge in [0.15, 0.2) is 0 Å². The van der Waals surface area contributed by atoms with Crippen molar-refractivity contribution in [2.75, 3.05) is 13.1 Å². The van der Waals surface area contributed by atoms with E-state index in [1.54, 1.807) is 29.6 Å². The van der Waals surface area contributed by atoms with E-state index in [4.69, 9.17) is 0 Å². The number of amides is 2. The van der Waals surface area contributed by atoms with E-state index < -0.39 is 12.1 Å². The minimum Gasteiger partial charge on any atom is -0.508 e. The summed E-state index contributed by atoms with van der Waals surface area (Å²) in [6, 6.07) is 14.0. The molecule has 8 heteroatoms. The van der Waals surface area contributed by atoms with E-state index in [0.29, 0.717) is 32.5 Å². The van der Waals surface area contributed by atoms with E-state index >= 15 is 0 Å². The first-order valence-electron chi connectivity index (χ1n) is 12.6. The summed E-state index contributed by atoms with van der Waals surface area (Å²) >= 11 is 0. The van der Waals surface area contributed by atoms with Crippen LogP contribution in [-0.2, 0) is 35.4 Å². The molecule has 2 atom stereocenters. The van der Waals surface area contributed by atoms with Gasteiger partial charge in [0, 0.05) is 44.4 Å². The molecule has 4 N–H and O–H groups in total. The molecule has 1 aliphatic rings. The Labute approximate surface area is 212 Å². The summed E-state index contributed by atoms with van der Waals surface area (Å²) in [5, 5.41) is 15.9. The lowest BCUT2D eigenvalue weighted by Gasteiger charge is -2.39. The number of hydrogen-bond acceptors (Lipinski definition) is 5. The van der Waals surface area contributed by atoms with Crippen molar-refractivity contribution < 1.29 is 14.7 Å². The Hall–Kier alpha value is -3.65. The van der Waals surface area contributed by atoms with Gasteiger partial charge in [0.2, 0.25) is 11.8 Å². The highest BCUT2D eigenvalue weighted by Gasteiger charge is 2.38. The van der Waals surface area contributed by atoms with E-state index in [9.17, 15) is 14.7 Å². The van der Waals surface area contributed by atoms with Crippen molar-refractivity contribution in [2.45, 2.75) is 51.7 Å². The molecule has 0 aliphatic carbocycles. The molecule has 190 valence electrons. The number of nitrogens with one attached hydrogen (secondary N) is 3. The molecule has 4 rings (SSSR count). The number of aromatic hydroxyl groups is 1. The molecule has 1 unspecified atom stereocenters. The number of carbonyl (C=O) groups excluding carboxylic acids is 2. The number of imidazole rings is 1. The van der Waals surface area contributed by atoms with Gasteiger partial charge in [-0.05, 0) is 41.2 Å². The van der Waals surface area contributed by atoms with Crippen molar-refractivity contribution in [1.29, 1.82) is 0 Å². The Morgan fingerprint density at radius 1 is 1.08 bits per heavy atom. The molecule has 0 fully saturated rings. The third-order valence-electron chi connectivity index (χ3n) is 6.73. The van der Waals surface area contributed by atoms with Crippen LogP contribution in [0.25, 0.3) is 0 Å². The molecule has 1 aliphatic heterocycles. The largest absolute Gasteiger partial charge is 0.508 e. The summed E-state index contributed by atoms with van der Waals surface area (Å²) in [5.41, 5.74) is 4.22. The maximum Gasteiger partial charge on any atom is 0.243 e. The monoisotopic (exact) mass is 489 g/mol. The molecule has 0 saturated carbocycles. The number of aromatic amines is 1. The number of fused-ring (bicyclic) bond motifs is 1. The number of carbonyl (C=O) groups is 2.